The molecule has 80 valence electrons. The van der Waals surface area contributed by atoms with Crippen molar-refractivity contribution in [3.63, 3.8) is 0 Å². The summed E-state index contributed by atoms with van der Waals surface area (Å²) in [6.45, 7) is 0.655. The first-order chi connectivity index (χ1) is 6.77. The van der Waals surface area contributed by atoms with Gasteiger partial charge >= 0.3 is 0 Å². The summed E-state index contributed by atoms with van der Waals surface area (Å²) in [6.07, 6.45) is 2.73. The Morgan fingerprint density at radius 1 is 1.29 bits per heavy atom. The zero-order chi connectivity index (χ0) is 9.97. The maximum atomic E-state index is 13.2. The van der Waals surface area contributed by atoms with Crippen LogP contribution in [-0.2, 0) is 9.53 Å². The zero-order valence-corrected chi connectivity index (χ0v) is 8.17. The highest BCUT2D eigenvalue weighted by molar-refractivity contribution is 5.81. The molecule has 2 fully saturated rings. The maximum absolute atomic E-state index is 13.2. The van der Waals surface area contributed by atoms with Crippen LogP contribution in [-0.4, -0.2) is 30.8 Å². The number of hydrogen-bond acceptors (Lipinski definition) is 2. The number of ether oxygens (including phenoxy) is 1. The first-order valence-corrected chi connectivity index (χ1v) is 5.33. The minimum atomic E-state index is -0.861. The molecule has 2 aliphatic rings. The van der Waals surface area contributed by atoms with Gasteiger partial charge in [-0.25, -0.2) is 4.39 Å². The third-order valence-electron chi connectivity index (χ3n) is 2.98. The zero-order valence-electron chi connectivity index (χ0n) is 8.17. The lowest BCUT2D eigenvalue weighted by atomic mass is 10.2. The van der Waals surface area contributed by atoms with Gasteiger partial charge in [0, 0.05) is 6.61 Å². The average Bonchev–Trinajstić information content (AvgIpc) is 2.77. The third-order valence-corrected chi connectivity index (χ3v) is 2.98. The lowest BCUT2D eigenvalue weighted by Gasteiger charge is -2.17. The number of carbonyl (C=O) groups excluding carboxylic acids is 1. The minimum absolute atomic E-state index is 0.128. The monoisotopic (exact) mass is 201 g/mol. The molecule has 2 rings (SSSR count). The first-order valence-electron chi connectivity index (χ1n) is 5.33. The van der Waals surface area contributed by atoms with Gasteiger partial charge in [-0.05, 0) is 32.1 Å². The fraction of sp³-hybridized carbons (Fsp3) is 0.900. The molecule has 1 aliphatic heterocycles. The van der Waals surface area contributed by atoms with Crippen LogP contribution >= 0.6 is 0 Å². The Bertz CT molecular complexity index is 216. The lowest BCUT2D eigenvalue weighted by Crippen LogP contribution is -2.43. The van der Waals surface area contributed by atoms with E-state index in [0.717, 1.165) is 25.7 Å². The summed E-state index contributed by atoms with van der Waals surface area (Å²) in [5.41, 5.74) is 0. The van der Waals surface area contributed by atoms with Gasteiger partial charge in [0.2, 0.25) is 5.91 Å². The molecule has 0 spiro atoms. The largest absolute Gasteiger partial charge is 0.368 e. The Balaban J connectivity index is 1.81. The van der Waals surface area contributed by atoms with E-state index in [2.05, 4.69) is 5.32 Å². The van der Waals surface area contributed by atoms with Crippen LogP contribution in [0.5, 0.6) is 0 Å². The summed E-state index contributed by atoms with van der Waals surface area (Å²) < 4.78 is 18.4. The van der Waals surface area contributed by atoms with Crippen LogP contribution in [0, 0.1) is 0 Å². The number of rotatable bonds is 2. The number of nitrogens with one attached hydrogen (secondary N) is 1. The molecule has 0 aromatic carbocycles. The number of alkyl halides is 1. The van der Waals surface area contributed by atoms with Crippen molar-refractivity contribution in [1.29, 1.82) is 0 Å². The molecule has 0 bridgehead atoms. The second-order valence-corrected chi connectivity index (χ2v) is 4.06. The topological polar surface area (TPSA) is 38.3 Å². The van der Waals surface area contributed by atoms with Crippen molar-refractivity contribution in [3.8, 4) is 0 Å². The van der Waals surface area contributed by atoms with Crippen molar-refractivity contribution in [2.24, 2.45) is 0 Å². The Kier molecular flexibility index (Phi) is 3.01. The highest BCUT2D eigenvalue weighted by atomic mass is 19.1. The van der Waals surface area contributed by atoms with Gasteiger partial charge in [0.05, 0.1) is 6.04 Å². The molecule has 0 aromatic heterocycles. The van der Waals surface area contributed by atoms with E-state index in [1.54, 1.807) is 0 Å². The van der Waals surface area contributed by atoms with Gasteiger partial charge in [0.1, 0.15) is 12.3 Å². The van der Waals surface area contributed by atoms with Crippen LogP contribution in [0.4, 0.5) is 4.39 Å². The predicted octanol–water partition coefficient (Wildman–Crippen LogP) is 1.17. The Hall–Kier alpha value is -0.640. The van der Waals surface area contributed by atoms with Gasteiger partial charge in [-0.2, -0.15) is 0 Å². The minimum Gasteiger partial charge on any atom is -0.368 e. The first kappa shape index (κ1) is 9.90. The second kappa shape index (κ2) is 4.26. The van der Waals surface area contributed by atoms with Crippen molar-refractivity contribution < 1.29 is 13.9 Å². The summed E-state index contributed by atoms with van der Waals surface area (Å²) >= 11 is 0. The van der Waals surface area contributed by atoms with E-state index in [0.29, 0.717) is 13.0 Å². The summed E-state index contributed by atoms with van der Waals surface area (Å²) in [4.78, 5) is 11.5. The number of halogens is 1. The van der Waals surface area contributed by atoms with Crippen molar-refractivity contribution in [2.75, 3.05) is 6.61 Å². The molecule has 1 saturated carbocycles. The second-order valence-electron chi connectivity index (χ2n) is 4.06. The molecule has 14 heavy (non-hydrogen) atoms. The molecule has 1 amide bonds. The van der Waals surface area contributed by atoms with E-state index in [1.807, 2.05) is 0 Å². The molecule has 1 heterocycles. The highest BCUT2D eigenvalue weighted by Gasteiger charge is 2.31. The number of hydrogen-bond donors (Lipinski definition) is 1. The molecule has 3 atom stereocenters. The molecule has 3 nitrogen and oxygen atoms in total. The summed E-state index contributed by atoms with van der Waals surface area (Å²) in [6, 6.07) is -0.272. The molecule has 1 N–H and O–H groups in total. The van der Waals surface area contributed by atoms with E-state index in [9.17, 15) is 9.18 Å². The van der Waals surface area contributed by atoms with Gasteiger partial charge < -0.3 is 10.1 Å². The third kappa shape index (κ3) is 2.05. The van der Waals surface area contributed by atoms with Crippen molar-refractivity contribution in [2.45, 2.75) is 50.4 Å². The quantitative estimate of drug-likeness (QED) is 0.728. The Morgan fingerprint density at radius 2 is 2.14 bits per heavy atom. The smallest absolute Gasteiger partial charge is 0.249 e. The summed E-state index contributed by atoms with van der Waals surface area (Å²) in [5.74, 6) is -0.128. The van der Waals surface area contributed by atoms with Crippen molar-refractivity contribution in [3.05, 3.63) is 0 Å². The molecular weight excluding hydrogens is 185 g/mol. The van der Waals surface area contributed by atoms with E-state index in [4.69, 9.17) is 4.74 Å². The molecule has 4 heteroatoms. The predicted molar refractivity (Wildman–Crippen MR) is 49.7 cm³/mol. The van der Waals surface area contributed by atoms with E-state index in [-0.39, 0.29) is 18.1 Å². The fourth-order valence-corrected chi connectivity index (χ4v) is 2.14. The van der Waals surface area contributed by atoms with Crippen molar-refractivity contribution >= 4 is 5.91 Å². The van der Waals surface area contributed by atoms with Gasteiger partial charge in [-0.1, -0.05) is 0 Å². The average molecular weight is 201 g/mol. The van der Waals surface area contributed by atoms with E-state index >= 15 is 0 Å². The standard InChI is InChI=1S/C10H16FNO2/c11-7-3-1-4-8(7)12-10(13)9-5-2-6-14-9/h7-9H,1-6H2,(H,12,13). The van der Waals surface area contributed by atoms with Crippen LogP contribution in [0.25, 0.3) is 0 Å². The van der Waals surface area contributed by atoms with Crippen LogP contribution in [0.2, 0.25) is 0 Å². The molecule has 3 unspecified atom stereocenters. The number of amides is 1. The van der Waals surface area contributed by atoms with Crippen LogP contribution in [0.15, 0.2) is 0 Å². The molecule has 1 saturated heterocycles. The van der Waals surface area contributed by atoms with E-state index in [1.165, 1.54) is 0 Å². The molecule has 0 aromatic rings. The normalized spacial score (nSPS) is 37.4. The SMILES string of the molecule is O=C(NC1CCCC1F)C1CCCO1. The van der Waals surface area contributed by atoms with Crippen molar-refractivity contribution in [1.82, 2.24) is 5.32 Å². The number of carbonyl (C=O) groups is 1. The Labute approximate surface area is 83.0 Å². The van der Waals surface area contributed by atoms with Gasteiger partial charge in [-0.3, -0.25) is 4.79 Å². The fourth-order valence-electron chi connectivity index (χ4n) is 2.14. The van der Waals surface area contributed by atoms with Crippen LogP contribution < -0.4 is 5.32 Å². The molecular formula is C10H16FNO2. The summed E-state index contributed by atoms with van der Waals surface area (Å²) in [7, 11) is 0. The maximum Gasteiger partial charge on any atom is 0.249 e. The highest BCUT2D eigenvalue weighted by Crippen LogP contribution is 2.22. The van der Waals surface area contributed by atoms with E-state index < -0.39 is 6.17 Å². The van der Waals surface area contributed by atoms with Gasteiger partial charge in [0.25, 0.3) is 0 Å². The van der Waals surface area contributed by atoms with Crippen LogP contribution in [0.1, 0.15) is 32.1 Å². The van der Waals surface area contributed by atoms with Gasteiger partial charge in [0.15, 0.2) is 0 Å². The lowest BCUT2D eigenvalue weighted by molar-refractivity contribution is -0.131. The molecule has 0 radical (unpaired) electrons. The molecule has 1 aliphatic carbocycles. The Morgan fingerprint density at radius 3 is 2.71 bits per heavy atom. The van der Waals surface area contributed by atoms with Gasteiger partial charge in [-0.15, -0.1) is 0 Å². The summed E-state index contributed by atoms with van der Waals surface area (Å²) in [5, 5.41) is 2.73. The van der Waals surface area contributed by atoms with Crippen LogP contribution in [0.3, 0.4) is 0 Å².